The maximum Gasteiger partial charge on any atom is 0.321 e. The lowest BCUT2D eigenvalue weighted by Gasteiger charge is -2.45. The van der Waals surface area contributed by atoms with Crippen LogP contribution < -0.4 is 0 Å². The smallest absolute Gasteiger partial charge is 0.321 e. The van der Waals surface area contributed by atoms with E-state index in [9.17, 15) is 14.0 Å². The monoisotopic (exact) mass is 331 g/mol. The van der Waals surface area contributed by atoms with E-state index in [4.69, 9.17) is 4.74 Å². The number of rotatable bonds is 5. The highest BCUT2D eigenvalue weighted by Gasteiger charge is 2.60. The molecule has 2 fully saturated rings. The number of hydrogen-bond acceptors (Lipinski definition) is 4. The van der Waals surface area contributed by atoms with E-state index in [0.29, 0.717) is 13.0 Å². The molecule has 2 heterocycles. The Morgan fingerprint density at radius 2 is 2.12 bits per heavy atom. The molecular weight excluding hydrogens is 309 g/mol. The molecule has 3 rings (SSSR count). The van der Waals surface area contributed by atoms with Crippen molar-refractivity contribution < 1.29 is 18.7 Å². The van der Waals surface area contributed by atoms with Gasteiger partial charge in [0, 0.05) is 25.0 Å². The number of allylic oxidation sites excluding steroid dienone is 1. The highest BCUT2D eigenvalue weighted by molar-refractivity contribution is 6.06. The van der Waals surface area contributed by atoms with Gasteiger partial charge in [0.2, 0.25) is 0 Å². The molecule has 0 saturated carbocycles. The fourth-order valence-electron chi connectivity index (χ4n) is 4.30. The largest absolute Gasteiger partial charge is 0.468 e. The van der Waals surface area contributed by atoms with Crippen LogP contribution in [-0.2, 0) is 20.9 Å². The molecule has 1 aromatic carbocycles. The van der Waals surface area contributed by atoms with E-state index in [1.807, 2.05) is 0 Å². The first-order valence-electron chi connectivity index (χ1n) is 8.25. The van der Waals surface area contributed by atoms with Gasteiger partial charge in [-0.2, -0.15) is 0 Å². The van der Waals surface area contributed by atoms with Gasteiger partial charge >= 0.3 is 5.97 Å². The van der Waals surface area contributed by atoms with Crippen molar-refractivity contribution in [1.29, 1.82) is 0 Å². The molecule has 0 aliphatic carbocycles. The Morgan fingerprint density at radius 3 is 2.75 bits per heavy atom. The lowest BCUT2D eigenvalue weighted by molar-refractivity contribution is -0.166. The molecule has 2 aliphatic heterocycles. The summed E-state index contributed by atoms with van der Waals surface area (Å²) in [5.41, 5.74) is -0.191. The Hall–Kier alpha value is -2.01. The number of halogens is 1. The summed E-state index contributed by atoms with van der Waals surface area (Å²) in [7, 11) is 1.33. The third-order valence-electron chi connectivity index (χ3n) is 5.42. The maximum atomic E-state index is 13.1. The standard InChI is InChI=1S/C19H22FNO3/c1-3-10-19(18(23)24-2)16-9-8-15(11-17(19)22)21(16)12-13-4-6-14(20)7-5-13/h3-7,15-16H,1,8-12H2,2H3/t15-,16-,19+/m1/s1. The number of carbonyl (C=O) groups excluding carboxylic acids is 2. The third-order valence-corrected chi connectivity index (χ3v) is 5.42. The van der Waals surface area contributed by atoms with Crippen LogP contribution in [0.2, 0.25) is 0 Å². The van der Waals surface area contributed by atoms with Crippen LogP contribution >= 0.6 is 0 Å². The summed E-state index contributed by atoms with van der Waals surface area (Å²) < 4.78 is 18.1. The van der Waals surface area contributed by atoms with E-state index in [1.54, 1.807) is 18.2 Å². The molecule has 5 heteroatoms. The molecule has 24 heavy (non-hydrogen) atoms. The van der Waals surface area contributed by atoms with Crippen LogP contribution in [0.15, 0.2) is 36.9 Å². The Bertz CT molecular complexity index is 657. The molecule has 0 N–H and O–H groups in total. The molecule has 0 radical (unpaired) electrons. The van der Waals surface area contributed by atoms with Crippen LogP contribution in [0.5, 0.6) is 0 Å². The molecule has 2 saturated heterocycles. The molecule has 0 amide bonds. The maximum absolute atomic E-state index is 13.1. The van der Waals surface area contributed by atoms with E-state index in [2.05, 4.69) is 11.5 Å². The van der Waals surface area contributed by atoms with Gasteiger partial charge in [-0.3, -0.25) is 14.5 Å². The van der Waals surface area contributed by atoms with Crippen molar-refractivity contribution in [3.05, 3.63) is 48.3 Å². The summed E-state index contributed by atoms with van der Waals surface area (Å²) in [4.78, 5) is 27.6. The molecule has 3 atom stereocenters. The first kappa shape index (κ1) is 16.8. The number of Topliss-reactive ketones (excluding diaryl/α,β-unsaturated/α-hetero) is 1. The highest BCUT2D eigenvalue weighted by atomic mass is 19.1. The zero-order valence-electron chi connectivity index (χ0n) is 13.8. The molecule has 0 spiro atoms. The van der Waals surface area contributed by atoms with Gasteiger partial charge in [-0.25, -0.2) is 4.39 Å². The van der Waals surface area contributed by atoms with Crippen molar-refractivity contribution in [2.45, 2.75) is 44.3 Å². The van der Waals surface area contributed by atoms with E-state index in [0.717, 1.165) is 18.4 Å². The van der Waals surface area contributed by atoms with Crippen molar-refractivity contribution in [3.8, 4) is 0 Å². The van der Waals surface area contributed by atoms with E-state index in [1.165, 1.54) is 19.2 Å². The van der Waals surface area contributed by atoms with Crippen LogP contribution in [0.25, 0.3) is 0 Å². The first-order chi connectivity index (χ1) is 11.5. The Kier molecular flexibility index (Phi) is 4.54. The van der Waals surface area contributed by atoms with Crippen molar-refractivity contribution in [1.82, 2.24) is 4.90 Å². The molecule has 4 nitrogen and oxygen atoms in total. The minimum absolute atomic E-state index is 0.0443. The molecule has 128 valence electrons. The summed E-state index contributed by atoms with van der Waals surface area (Å²) in [6, 6.07) is 6.30. The Morgan fingerprint density at radius 1 is 1.42 bits per heavy atom. The van der Waals surface area contributed by atoms with Crippen molar-refractivity contribution in [2.24, 2.45) is 5.41 Å². The minimum Gasteiger partial charge on any atom is -0.468 e. The number of methoxy groups -OCH3 is 1. The number of fused-ring (bicyclic) bond motifs is 2. The predicted octanol–water partition coefficient (Wildman–Crippen LogP) is 2.87. The molecular formula is C19H22FNO3. The fraction of sp³-hybridized carbons (Fsp3) is 0.474. The van der Waals surface area contributed by atoms with Gasteiger partial charge < -0.3 is 4.74 Å². The summed E-state index contributed by atoms with van der Waals surface area (Å²) in [5.74, 6) is -0.787. The number of benzene rings is 1. The second-order valence-corrected chi connectivity index (χ2v) is 6.63. The highest BCUT2D eigenvalue weighted by Crippen LogP contribution is 2.48. The van der Waals surface area contributed by atoms with Gasteiger partial charge in [0.05, 0.1) is 7.11 Å². The van der Waals surface area contributed by atoms with Gasteiger partial charge in [-0.05, 0) is 37.0 Å². The third kappa shape index (κ3) is 2.57. The number of nitrogens with zero attached hydrogens (tertiary/aromatic N) is 1. The number of esters is 1. The number of ether oxygens (including phenoxy) is 1. The van der Waals surface area contributed by atoms with Gasteiger partial charge in [0.25, 0.3) is 0 Å². The van der Waals surface area contributed by atoms with E-state index >= 15 is 0 Å². The Balaban J connectivity index is 1.94. The zero-order valence-corrected chi connectivity index (χ0v) is 13.8. The van der Waals surface area contributed by atoms with Crippen molar-refractivity contribution in [2.75, 3.05) is 7.11 Å². The minimum atomic E-state index is -1.16. The number of hydrogen-bond donors (Lipinski definition) is 0. The second-order valence-electron chi connectivity index (χ2n) is 6.63. The summed E-state index contributed by atoms with van der Waals surface area (Å²) in [5, 5.41) is 0. The van der Waals surface area contributed by atoms with Gasteiger partial charge in [-0.15, -0.1) is 6.58 Å². The average molecular weight is 331 g/mol. The SMILES string of the molecule is C=CC[C@@]1(C(=O)OC)C(=O)C[C@H]2CC[C@H]1N2Cc1ccc(F)cc1. The van der Waals surface area contributed by atoms with Crippen LogP contribution in [0.1, 0.15) is 31.2 Å². The van der Waals surface area contributed by atoms with Crippen LogP contribution in [0.3, 0.4) is 0 Å². The average Bonchev–Trinajstić information content (AvgIpc) is 2.89. The quantitative estimate of drug-likeness (QED) is 0.473. The van der Waals surface area contributed by atoms with Gasteiger partial charge in [0.1, 0.15) is 11.2 Å². The van der Waals surface area contributed by atoms with Crippen LogP contribution in [0, 0.1) is 11.2 Å². The second kappa shape index (κ2) is 6.48. The predicted molar refractivity (Wildman–Crippen MR) is 87.6 cm³/mol. The van der Waals surface area contributed by atoms with E-state index < -0.39 is 11.4 Å². The van der Waals surface area contributed by atoms with Crippen molar-refractivity contribution >= 4 is 11.8 Å². The Labute approximate surface area is 141 Å². The van der Waals surface area contributed by atoms with Crippen LogP contribution in [-0.4, -0.2) is 35.8 Å². The normalized spacial score (nSPS) is 29.5. The molecule has 0 aromatic heterocycles. The first-order valence-corrected chi connectivity index (χ1v) is 8.25. The lowest BCUT2D eigenvalue weighted by Crippen LogP contribution is -2.60. The molecule has 2 bridgehead atoms. The molecule has 0 unspecified atom stereocenters. The van der Waals surface area contributed by atoms with E-state index in [-0.39, 0.29) is 30.1 Å². The zero-order chi connectivity index (χ0) is 17.3. The van der Waals surface area contributed by atoms with Crippen molar-refractivity contribution in [3.63, 3.8) is 0 Å². The van der Waals surface area contributed by atoms with Crippen LogP contribution in [0.4, 0.5) is 4.39 Å². The molecule has 2 aliphatic rings. The topological polar surface area (TPSA) is 46.6 Å². The van der Waals surface area contributed by atoms with Gasteiger partial charge in [-0.1, -0.05) is 18.2 Å². The summed E-state index contributed by atoms with van der Waals surface area (Å²) >= 11 is 0. The number of carbonyl (C=O) groups is 2. The van der Waals surface area contributed by atoms with Gasteiger partial charge in [0.15, 0.2) is 5.78 Å². The summed E-state index contributed by atoms with van der Waals surface area (Å²) in [6.45, 7) is 4.33. The lowest BCUT2D eigenvalue weighted by atomic mass is 9.70. The fourth-order valence-corrected chi connectivity index (χ4v) is 4.30. The number of ketones is 1. The summed E-state index contributed by atoms with van der Waals surface area (Å²) in [6.07, 6.45) is 3.92. The number of piperidine rings is 1. The molecule has 1 aromatic rings.